The smallest absolute Gasteiger partial charge is 0.374 e. The average Bonchev–Trinajstić information content (AvgIpc) is 3.22. The highest BCUT2D eigenvalue weighted by Crippen LogP contribution is 2.22. The van der Waals surface area contributed by atoms with E-state index in [0.717, 1.165) is 12.1 Å². The van der Waals surface area contributed by atoms with Crippen molar-refractivity contribution in [2.45, 2.75) is 12.0 Å². The van der Waals surface area contributed by atoms with Gasteiger partial charge in [-0.1, -0.05) is 0 Å². The van der Waals surface area contributed by atoms with Crippen LogP contribution in [0.3, 0.4) is 0 Å². The van der Waals surface area contributed by atoms with Gasteiger partial charge in [-0.2, -0.15) is 4.31 Å². The summed E-state index contributed by atoms with van der Waals surface area (Å²) in [5, 5.41) is 2.54. The lowest BCUT2D eigenvalue weighted by Gasteiger charge is -2.35. The molecule has 3 rings (SSSR count). The number of hydrogen-bond donors (Lipinski definition) is 1. The van der Waals surface area contributed by atoms with E-state index in [4.69, 9.17) is 21.4 Å². The number of rotatable bonds is 5. The maximum Gasteiger partial charge on any atom is 0.374 e. The Balaban J connectivity index is 1.61. The molecule has 1 aliphatic heterocycles. The van der Waals surface area contributed by atoms with Crippen LogP contribution in [0.5, 0.6) is 0 Å². The van der Waals surface area contributed by atoms with Crippen molar-refractivity contribution in [3.05, 3.63) is 47.7 Å². The van der Waals surface area contributed by atoms with Crippen LogP contribution in [0.4, 0.5) is 14.5 Å². The third kappa shape index (κ3) is 4.77. The normalized spacial score (nSPS) is 15.1. The van der Waals surface area contributed by atoms with Crippen molar-refractivity contribution in [3.8, 4) is 0 Å². The van der Waals surface area contributed by atoms with E-state index >= 15 is 0 Å². The van der Waals surface area contributed by atoms with E-state index in [1.54, 1.807) is 11.8 Å². The summed E-state index contributed by atoms with van der Waals surface area (Å²) in [6, 6.07) is 5.53. The average molecular weight is 459 g/mol. The Morgan fingerprint density at radius 3 is 2.53 bits per heavy atom. The molecule has 0 spiro atoms. The number of thiocarbonyl (C=S) groups is 1. The van der Waals surface area contributed by atoms with Crippen LogP contribution >= 0.6 is 12.2 Å². The molecule has 162 valence electrons. The highest BCUT2D eigenvalue weighted by molar-refractivity contribution is 7.89. The first-order chi connectivity index (χ1) is 14.2. The number of benzene rings is 1. The first kappa shape index (κ1) is 22.1. The summed E-state index contributed by atoms with van der Waals surface area (Å²) in [5.41, 5.74) is 0.0264. The molecule has 0 unspecified atom stereocenters. The van der Waals surface area contributed by atoms with Crippen molar-refractivity contribution in [1.82, 2.24) is 9.21 Å². The first-order valence-corrected chi connectivity index (χ1v) is 10.8. The zero-order chi connectivity index (χ0) is 21.9. The van der Waals surface area contributed by atoms with E-state index in [1.165, 1.54) is 22.5 Å². The number of esters is 1. The van der Waals surface area contributed by atoms with E-state index in [9.17, 15) is 22.0 Å². The molecule has 1 aromatic carbocycles. The number of hydrogen-bond acceptors (Lipinski definition) is 6. The molecule has 2 aromatic rings. The maximum absolute atomic E-state index is 13.8. The monoisotopic (exact) mass is 459 g/mol. The van der Waals surface area contributed by atoms with Crippen LogP contribution in [0.25, 0.3) is 0 Å². The van der Waals surface area contributed by atoms with E-state index < -0.39 is 27.6 Å². The molecule has 2 heterocycles. The second-order valence-corrected chi connectivity index (χ2v) is 8.54. The van der Waals surface area contributed by atoms with E-state index in [1.807, 2.05) is 0 Å². The van der Waals surface area contributed by atoms with Crippen LogP contribution in [0.1, 0.15) is 17.5 Å². The number of carbonyl (C=O) groups is 1. The second-order valence-electron chi connectivity index (χ2n) is 6.28. The van der Waals surface area contributed by atoms with Gasteiger partial charge in [0.1, 0.15) is 11.6 Å². The molecule has 0 aliphatic carbocycles. The Hall–Kier alpha value is -2.57. The standard InChI is InChI=1S/C18H19F2N3O5S2/c1-2-27-17(24)15-5-6-16(28-15)30(25,26)23-9-7-22(8-10-23)18(29)21-14-4-3-12(19)11-13(14)20/h3-6,11H,2,7-10H2,1H3,(H,21,29). The number of halogens is 2. The van der Waals surface area contributed by atoms with Gasteiger partial charge in [-0.15, -0.1) is 0 Å². The molecule has 12 heteroatoms. The molecular weight excluding hydrogens is 440 g/mol. The van der Waals surface area contributed by atoms with Crippen LogP contribution < -0.4 is 5.32 Å². The third-order valence-electron chi connectivity index (χ3n) is 4.35. The summed E-state index contributed by atoms with van der Waals surface area (Å²) in [5.74, 6) is -2.42. The zero-order valence-corrected chi connectivity index (χ0v) is 17.6. The molecular formula is C18H19F2N3O5S2. The number of furan rings is 1. The van der Waals surface area contributed by atoms with Crippen LogP contribution in [-0.2, 0) is 14.8 Å². The summed E-state index contributed by atoms with van der Waals surface area (Å²) < 4.78 is 63.5. The number of anilines is 1. The van der Waals surface area contributed by atoms with Crippen molar-refractivity contribution in [1.29, 1.82) is 0 Å². The molecule has 1 fully saturated rings. The van der Waals surface area contributed by atoms with Crippen molar-refractivity contribution in [2.24, 2.45) is 0 Å². The second kappa shape index (κ2) is 9.06. The fourth-order valence-electron chi connectivity index (χ4n) is 2.81. The number of carbonyl (C=O) groups excluding carboxylic acids is 1. The van der Waals surface area contributed by atoms with Crippen molar-refractivity contribution >= 4 is 39.0 Å². The van der Waals surface area contributed by atoms with Crippen LogP contribution in [0, 0.1) is 11.6 Å². The summed E-state index contributed by atoms with van der Waals surface area (Å²) in [7, 11) is -3.94. The lowest BCUT2D eigenvalue weighted by atomic mass is 10.3. The molecule has 1 aromatic heterocycles. The molecule has 0 bridgehead atoms. The number of nitrogens with one attached hydrogen (secondary N) is 1. The molecule has 0 saturated carbocycles. The molecule has 1 aliphatic rings. The van der Waals surface area contributed by atoms with Gasteiger partial charge in [-0.25, -0.2) is 22.0 Å². The minimum absolute atomic E-state index is 0.0264. The van der Waals surface area contributed by atoms with E-state index in [-0.39, 0.29) is 54.4 Å². The SMILES string of the molecule is CCOC(=O)c1ccc(S(=O)(=O)N2CCN(C(=S)Nc3ccc(F)cc3F)CC2)o1. The van der Waals surface area contributed by atoms with Crippen molar-refractivity contribution in [2.75, 3.05) is 38.1 Å². The highest BCUT2D eigenvalue weighted by atomic mass is 32.2. The van der Waals surface area contributed by atoms with E-state index in [0.29, 0.717) is 0 Å². The van der Waals surface area contributed by atoms with Gasteiger partial charge in [0.25, 0.3) is 10.0 Å². The minimum atomic E-state index is -3.94. The van der Waals surface area contributed by atoms with Gasteiger partial charge in [-0.3, -0.25) is 0 Å². The molecule has 0 radical (unpaired) electrons. The Bertz CT molecular complexity index is 1050. The van der Waals surface area contributed by atoms with Gasteiger partial charge in [0.15, 0.2) is 5.11 Å². The summed E-state index contributed by atoms with van der Waals surface area (Å²) in [4.78, 5) is 13.3. The first-order valence-electron chi connectivity index (χ1n) is 9.00. The van der Waals surface area contributed by atoms with Gasteiger partial charge in [0.05, 0.1) is 12.3 Å². The predicted octanol–water partition coefficient (Wildman–Crippen LogP) is 2.44. The van der Waals surface area contributed by atoms with E-state index in [2.05, 4.69) is 5.32 Å². The Morgan fingerprint density at radius 1 is 1.20 bits per heavy atom. The molecule has 0 amide bonds. The minimum Gasteiger partial charge on any atom is -0.460 e. The van der Waals surface area contributed by atoms with Gasteiger partial charge in [0.2, 0.25) is 10.9 Å². The number of piperazine rings is 1. The van der Waals surface area contributed by atoms with Gasteiger partial charge in [-0.05, 0) is 43.4 Å². The fourth-order valence-corrected chi connectivity index (χ4v) is 4.44. The lowest BCUT2D eigenvalue weighted by Crippen LogP contribution is -2.51. The molecule has 30 heavy (non-hydrogen) atoms. The number of ether oxygens (including phenoxy) is 1. The highest BCUT2D eigenvalue weighted by Gasteiger charge is 2.32. The zero-order valence-electron chi connectivity index (χ0n) is 15.9. The largest absolute Gasteiger partial charge is 0.460 e. The quantitative estimate of drug-likeness (QED) is 0.539. The topological polar surface area (TPSA) is 92.1 Å². The van der Waals surface area contributed by atoms with Crippen molar-refractivity contribution in [3.63, 3.8) is 0 Å². The summed E-state index contributed by atoms with van der Waals surface area (Å²) >= 11 is 5.25. The number of nitrogens with zero attached hydrogens (tertiary/aromatic N) is 2. The lowest BCUT2D eigenvalue weighted by molar-refractivity contribution is 0.0483. The third-order valence-corrected chi connectivity index (χ3v) is 6.48. The Labute approximate surface area is 177 Å². The Kier molecular flexibility index (Phi) is 6.68. The van der Waals surface area contributed by atoms with Gasteiger partial charge in [0, 0.05) is 32.2 Å². The molecule has 1 N–H and O–H groups in total. The predicted molar refractivity (Wildman–Crippen MR) is 108 cm³/mol. The van der Waals surface area contributed by atoms with Crippen LogP contribution in [0.15, 0.2) is 39.8 Å². The Morgan fingerprint density at radius 2 is 1.90 bits per heavy atom. The number of sulfonamides is 1. The molecule has 8 nitrogen and oxygen atoms in total. The van der Waals surface area contributed by atoms with Gasteiger partial charge < -0.3 is 19.4 Å². The molecule has 1 saturated heterocycles. The van der Waals surface area contributed by atoms with Gasteiger partial charge >= 0.3 is 5.97 Å². The fraction of sp³-hybridized carbons (Fsp3) is 0.333. The summed E-state index contributed by atoms with van der Waals surface area (Å²) in [6.45, 7) is 2.47. The molecule has 0 atom stereocenters. The maximum atomic E-state index is 13.8. The van der Waals surface area contributed by atoms with Crippen LogP contribution in [-0.4, -0.2) is 61.5 Å². The van der Waals surface area contributed by atoms with Crippen LogP contribution in [0.2, 0.25) is 0 Å². The van der Waals surface area contributed by atoms with Crippen molar-refractivity contribution < 1.29 is 31.1 Å². The summed E-state index contributed by atoms with van der Waals surface area (Å²) in [6.07, 6.45) is 0.